The van der Waals surface area contributed by atoms with Crippen LogP contribution < -0.4 is 0 Å². The molecule has 0 spiro atoms. The van der Waals surface area contributed by atoms with Gasteiger partial charge in [0.1, 0.15) is 97.7 Å². The number of aliphatic hydroxyl groups is 13. The third-order valence-corrected chi connectivity index (χ3v) is 9.09. The second-order valence-electron chi connectivity index (χ2n) is 12.6. The molecule has 22 heteroatoms. The van der Waals surface area contributed by atoms with Crippen molar-refractivity contribution in [3.63, 3.8) is 0 Å². The van der Waals surface area contributed by atoms with Crippen molar-refractivity contribution in [2.24, 2.45) is 0 Å². The first kappa shape index (κ1) is 39.3. The molecule has 5 fully saturated rings. The monoisotopic (exact) mass is 722 g/mol. The van der Waals surface area contributed by atoms with E-state index in [0.717, 1.165) is 0 Å². The molecule has 5 aliphatic rings. The largest absolute Gasteiger partial charge is 0.394 e. The molecule has 5 heterocycles. The van der Waals surface area contributed by atoms with Crippen LogP contribution in [0.1, 0.15) is 6.92 Å². The van der Waals surface area contributed by atoms with Gasteiger partial charge < -0.3 is 109 Å². The molecule has 286 valence electrons. The average Bonchev–Trinajstić information content (AvgIpc) is 3.36. The van der Waals surface area contributed by atoms with Crippen molar-refractivity contribution in [2.75, 3.05) is 26.4 Å². The molecule has 0 aliphatic carbocycles. The predicted molar refractivity (Wildman–Crippen MR) is 147 cm³/mol. The Kier molecular flexibility index (Phi) is 13.2. The molecule has 0 bridgehead atoms. The molecular weight excluding hydrogens is 676 g/mol. The minimum atomic E-state index is -1.88. The maximum atomic E-state index is 11.1. The zero-order valence-corrected chi connectivity index (χ0v) is 26.0. The van der Waals surface area contributed by atoms with E-state index in [1.165, 1.54) is 6.92 Å². The number of hydrogen-bond donors (Lipinski definition) is 13. The van der Waals surface area contributed by atoms with E-state index in [0.29, 0.717) is 0 Å². The summed E-state index contributed by atoms with van der Waals surface area (Å²) in [6.45, 7) is -0.773. The van der Waals surface area contributed by atoms with Gasteiger partial charge >= 0.3 is 0 Å². The summed E-state index contributed by atoms with van der Waals surface area (Å²) in [6.07, 6.45) is -35.5. The summed E-state index contributed by atoms with van der Waals surface area (Å²) in [5.74, 6) is 0. The second kappa shape index (κ2) is 16.4. The van der Waals surface area contributed by atoms with E-state index in [1.807, 2.05) is 0 Å². The van der Waals surface area contributed by atoms with Crippen LogP contribution in [0.4, 0.5) is 0 Å². The lowest BCUT2D eigenvalue weighted by atomic mass is 9.98. The van der Waals surface area contributed by atoms with Crippen LogP contribution in [0.2, 0.25) is 0 Å². The summed E-state index contributed by atoms with van der Waals surface area (Å²) in [5.41, 5.74) is 0. The molecule has 0 radical (unpaired) electrons. The smallest absolute Gasteiger partial charge is 0.187 e. The highest BCUT2D eigenvalue weighted by Crippen LogP contribution is 2.34. The van der Waals surface area contributed by atoms with Gasteiger partial charge in [-0.25, -0.2) is 0 Å². The van der Waals surface area contributed by atoms with Crippen LogP contribution in [-0.4, -0.2) is 228 Å². The Hall–Kier alpha value is -0.880. The van der Waals surface area contributed by atoms with E-state index in [1.54, 1.807) is 0 Å². The molecule has 5 aliphatic heterocycles. The van der Waals surface area contributed by atoms with Crippen LogP contribution in [-0.2, 0) is 42.6 Å². The summed E-state index contributed by atoms with van der Waals surface area (Å²) in [6, 6.07) is 0. The quantitative estimate of drug-likeness (QED) is 0.0995. The molecule has 22 atom stereocenters. The normalized spacial score (nSPS) is 53.4. The molecule has 22 nitrogen and oxygen atoms in total. The fourth-order valence-electron chi connectivity index (χ4n) is 6.13. The Morgan fingerprint density at radius 2 is 1.08 bits per heavy atom. The molecule has 49 heavy (non-hydrogen) atoms. The van der Waals surface area contributed by atoms with Crippen molar-refractivity contribution < 1.29 is 109 Å². The van der Waals surface area contributed by atoms with E-state index in [-0.39, 0.29) is 0 Å². The third kappa shape index (κ3) is 8.21. The van der Waals surface area contributed by atoms with Gasteiger partial charge in [0, 0.05) is 0 Å². The molecule has 5 unspecified atom stereocenters. The van der Waals surface area contributed by atoms with Gasteiger partial charge in [0.15, 0.2) is 31.5 Å². The highest BCUT2D eigenvalue weighted by atomic mass is 16.8. The molecule has 0 amide bonds. The lowest BCUT2D eigenvalue weighted by Crippen LogP contribution is -2.65. The fraction of sp³-hybridized carbons (Fsp3) is 1.00. The Balaban J connectivity index is 1.24. The average molecular weight is 723 g/mol. The van der Waals surface area contributed by atoms with Crippen LogP contribution in [0.5, 0.6) is 0 Å². The maximum absolute atomic E-state index is 11.1. The molecule has 5 saturated heterocycles. The van der Waals surface area contributed by atoms with E-state index in [9.17, 15) is 66.4 Å². The van der Waals surface area contributed by atoms with Gasteiger partial charge in [-0.15, -0.1) is 0 Å². The van der Waals surface area contributed by atoms with Crippen LogP contribution in [0, 0.1) is 0 Å². The molecule has 0 aromatic rings. The highest BCUT2D eigenvalue weighted by molar-refractivity contribution is 4.96. The first-order valence-electron chi connectivity index (χ1n) is 15.7. The van der Waals surface area contributed by atoms with Crippen molar-refractivity contribution in [3.8, 4) is 0 Å². The van der Waals surface area contributed by atoms with Crippen LogP contribution >= 0.6 is 0 Å². The summed E-state index contributed by atoms with van der Waals surface area (Å²) in [4.78, 5) is 0. The van der Waals surface area contributed by atoms with Crippen molar-refractivity contribution in [1.82, 2.24) is 0 Å². The Labute approximate surface area is 278 Å². The zero-order chi connectivity index (χ0) is 35.9. The van der Waals surface area contributed by atoms with Crippen LogP contribution in [0.15, 0.2) is 0 Å². The van der Waals surface area contributed by atoms with Crippen LogP contribution in [0.25, 0.3) is 0 Å². The summed E-state index contributed by atoms with van der Waals surface area (Å²) in [7, 11) is 0. The number of ether oxygens (including phenoxy) is 9. The maximum Gasteiger partial charge on any atom is 0.187 e. The van der Waals surface area contributed by atoms with Crippen LogP contribution in [0.3, 0.4) is 0 Å². The summed E-state index contributed by atoms with van der Waals surface area (Å²) in [5, 5.41) is 133. The molecule has 13 N–H and O–H groups in total. The number of aliphatic hydroxyl groups excluding tert-OH is 13. The van der Waals surface area contributed by atoms with E-state index in [4.69, 9.17) is 42.6 Å². The van der Waals surface area contributed by atoms with Gasteiger partial charge in [0.25, 0.3) is 0 Å². The molecule has 0 aromatic heterocycles. The van der Waals surface area contributed by atoms with Gasteiger partial charge in [-0.05, 0) is 6.92 Å². The lowest BCUT2D eigenvalue weighted by Gasteiger charge is -2.47. The van der Waals surface area contributed by atoms with Gasteiger partial charge in [-0.2, -0.15) is 0 Å². The fourth-order valence-corrected chi connectivity index (χ4v) is 6.13. The number of rotatable bonds is 10. The second-order valence-corrected chi connectivity index (χ2v) is 12.6. The standard InChI is InChI=1S/C27H46O22/c1-6-19(46-27-22(12(33)9(31)4-43-27)49-26-17(38)14(35)20(47-26)7(29)2-28)13(34)16(37)25(44-6)45-10-5-41-23(40)18(39)21(10)48-24-15(36)11(32)8(30)3-42-24/h6-40H,2-5H2,1H3/t6-,7?,8+,9+,10+,11-,12-,13-,14?,15+,16+,17?,18+,19-,20?,21-,22+,23+,24+,25+,26?,27-/m0/s1. The third-order valence-electron chi connectivity index (χ3n) is 9.09. The SMILES string of the molecule is C[C@@H]1O[C@H](O[C@@H]2CO[C@@H](O)[C@H](O)[C@H]2O[C@H]2OC[C@@H](O)[C@H](O)[C@H]2O)[C@H](O)[C@H](O)[C@H]1O[C@@H]1OC[C@@H](O)[C@H](O)[C@H]1OC1OC(C(O)CO)C(O)C1O. The molecule has 0 saturated carbocycles. The van der Waals surface area contributed by atoms with E-state index >= 15 is 0 Å². The molecule has 0 aromatic carbocycles. The first-order valence-corrected chi connectivity index (χ1v) is 15.7. The molecule has 5 rings (SSSR count). The first-order chi connectivity index (χ1) is 23.1. The Bertz CT molecular complexity index is 1040. The van der Waals surface area contributed by atoms with Crippen molar-refractivity contribution in [1.29, 1.82) is 0 Å². The van der Waals surface area contributed by atoms with E-state index < -0.39 is 162 Å². The van der Waals surface area contributed by atoms with Gasteiger partial charge in [0.05, 0.1) is 32.5 Å². The minimum Gasteiger partial charge on any atom is -0.394 e. The van der Waals surface area contributed by atoms with E-state index in [2.05, 4.69) is 0 Å². The highest BCUT2D eigenvalue weighted by Gasteiger charge is 2.54. The van der Waals surface area contributed by atoms with Crippen molar-refractivity contribution in [2.45, 2.75) is 142 Å². The number of hydrogen-bond acceptors (Lipinski definition) is 22. The minimum absolute atomic E-state index is 0.429. The predicted octanol–water partition coefficient (Wildman–Crippen LogP) is -8.98. The van der Waals surface area contributed by atoms with Crippen molar-refractivity contribution >= 4 is 0 Å². The van der Waals surface area contributed by atoms with Crippen molar-refractivity contribution in [3.05, 3.63) is 0 Å². The van der Waals surface area contributed by atoms with Gasteiger partial charge in [-0.1, -0.05) is 0 Å². The lowest BCUT2D eigenvalue weighted by molar-refractivity contribution is -0.378. The topological polar surface area (TPSA) is 346 Å². The summed E-state index contributed by atoms with van der Waals surface area (Å²) < 4.78 is 49.7. The van der Waals surface area contributed by atoms with Gasteiger partial charge in [0.2, 0.25) is 0 Å². The Morgan fingerprint density at radius 3 is 1.76 bits per heavy atom. The zero-order valence-electron chi connectivity index (χ0n) is 26.0. The summed E-state index contributed by atoms with van der Waals surface area (Å²) >= 11 is 0. The Morgan fingerprint density at radius 1 is 0.531 bits per heavy atom. The van der Waals surface area contributed by atoms with Gasteiger partial charge in [-0.3, -0.25) is 0 Å². The molecular formula is C27H46O22.